The Morgan fingerprint density at radius 2 is 2.10 bits per heavy atom. The molecule has 0 aliphatic heterocycles. The number of amides is 1. The Morgan fingerprint density at radius 1 is 1.40 bits per heavy atom. The van der Waals surface area contributed by atoms with Crippen LogP contribution in [0.2, 0.25) is 0 Å². The molecule has 110 valence electrons. The highest BCUT2D eigenvalue weighted by molar-refractivity contribution is 5.67. The summed E-state index contributed by atoms with van der Waals surface area (Å²) in [6, 6.07) is 0. The van der Waals surface area contributed by atoms with Crippen molar-refractivity contribution in [3.05, 3.63) is 38.7 Å². The van der Waals surface area contributed by atoms with Gasteiger partial charge in [0.1, 0.15) is 5.60 Å². The quantitative estimate of drug-likeness (QED) is 0.716. The zero-order valence-corrected chi connectivity index (χ0v) is 11.8. The molecule has 7 heteroatoms. The molecule has 7 nitrogen and oxygen atoms in total. The van der Waals surface area contributed by atoms with E-state index in [4.69, 9.17) is 4.74 Å². The van der Waals surface area contributed by atoms with Gasteiger partial charge in [0.2, 0.25) is 0 Å². The second-order valence-electron chi connectivity index (χ2n) is 5.15. The predicted octanol–water partition coefficient (Wildman–Crippen LogP) is 0.991. The summed E-state index contributed by atoms with van der Waals surface area (Å²) in [5.41, 5.74) is -1.17. The van der Waals surface area contributed by atoms with E-state index in [2.05, 4.69) is 15.3 Å². The maximum atomic E-state index is 11.4. The summed E-state index contributed by atoms with van der Waals surface area (Å²) in [4.78, 5) is 38.0. The lowest BCUT2D eigenvalue weighted by Gasteiger charge is -2.19. The predicted molar refractivity (Wildman–Crippen MR) is 75.6 cm³/mol. The van der Waals surface area contributed by atoms with Crippen molar-refractivity contribution in [2.24, 2.45) is 0 Å². The average Bonchev–Trinajstić information content (AvgIpc) is 2.28. The molecule has 0 fully saturated rings. The van der Waals surface area contributed by atoms with Crippen LogP contribution in [0.25, 0.3) is 6.08 Å². The third-order valence-electron chi connectivity index (χ3n) is 2.12. The van der Waals surface area contributed by atoms with E-state index in [-0.39, 0.29) is 0 Å². The highest BCUT2D eigenvalue weighted by atomic mass is 16.6. The van der Waals surface area contributed by atoms with E-state index >= 15 is 0 Å². The van der Waals surface area contributed by atoms with Crippen LogP contribution in [0.1, 0.15) is 32.8 Å². The van der Waals surface area contributed by atoms with Gasteiger partial charge in [-0.05, 0) is 27.2 Å². The van der Waals surface area contributed by atoms with E-state index in [9.17, 15) is 14.4 Å². The summed E-state index contributed by atoms with van der Waals surface area (Å²) in [6.45, 7) is 5.76. The average molecular weight is 281 g/mol. The van der Waals surface area contributed by atoms with Crippen LogP contribution in [0.3, 0.4) is 0 Å². The van der Waals surface area contributed by atoms with Gasteiger partial charge in [0, 0.05) is 12.7 Å². The number of ether oxygens (including phenoxy) is 1. The van der Waals surface area contributed by atoms with Crippen molar-refractivity contribution in [1.29, 1.82) is 0 Å². The normalized spacial score (nSPS) is 11.6. The number of H-pyrrole nitrogens is 2. The van der Waals surface area contributed by atoms with Crippen LogP contribution in [0.4, 0.5) is 4.79 Å². The number of aromatic nitrogens is 2. The Bertz CT molecular complexity index is 593. The summed E-state index contributed by atoms with van der Waals surface area (Å²) in [6.07, 6.45) is 4.69. The molecule has 0 saturated heterocycles. The fraction of sp³-hybridized carbons (Fsp3) is 0.462. The van der Waals surface area contributed by atoms with Gasteiger partial charge in [0.05, 0.1) is 5.56 Å². The molecule has 20 heavy (non-hydrogen) atoms. The maximum Gasteiger partial charge on any atom is 0.407 e. The monoisotopic (exact) mass is 281 g/mol. The number of alkyl carbamates (subject to hydrolysis) is 1. The van der Waals surface area contributed by atoms with Crippen molar-refractivity contribution < 1.29 is 9.53 Å². The van der Waals surface area contributed by atoms with Crippen molar-refractivity contribution in [2.75, 3.05) is 6.54 Å². The largest absolute Gasteiger partial charge is 0.444 e. The second kappa shape index (κ2) is 6.74. The van der Waals surface area contributed by atoms with Gasteiger partial charge in [-0.25, -0.2) is 9.59 Å². The molecule has 1 aromatic rings. The lowest BCUT2D eigenvalue weighted by atomic mass is 10.2. The third kappa shape index (κ3) is 6.03. The Hall–Kier alpha value is -2.31. The SMILES string of the molecule is CC(C)(C)OC(=O)NCCC=Cc1c[nH]c(=O)[nH]c1=O. The van der Waals surface area contributed by atoms with Gasteiger partial charge in [0.15, 0.2) is 0 Å². The fourth-order valence-corrected chi connectivity index (χ4v) is 1.33. The molecule has 1 amide bonds. The first-order valence-electron chi connectivity index (χ1n) is 6.23. The third-order valence-corrected chi connectivity index (χ3v) is 2.12. The van der Waals surface area contributed by atoms with E-state index in [1.54, 1.807) is 32.9 Å². The number of aromatic amines is 2. The molecular formula is C13H19N3O4. The van der Waals surface area contributed by atoms with Crippen LogP contribution in [0.15, 0.2) is 21.9 Å². The second-order valence-corrected chi connectivity index (χ2v) is 5.15. The number of carbonyl (C=O) groups excluding carboxylic acids is 1. The minimum absolute atomic E-state index is 0.349. The molecule has 1 heterocycles. The zero-order chi connectivity index (χ0) is 15.2. The number of hydrogen-bond donors (Lipinski definition) is 3. The topological polar surface area (TPSA) is 104 Å². The standard InChI is InChI=1S/C13H19N3O4/c1-13(2,3)20-12(19)14-7-5-4-6-9-8-15-11(18)16-10(9)17/h4,6,8H,5,7H2,1-3H3,(H,14,19)(H2,15,16,17,18). The summed E-state index contributed by atoms with van der Waals surface area (Å²) in [5, 5.41) is 2.59. The molecular weight excluding hydrogens is 262 g/mol. The van der Waals surface area contributed by atoms with E-state index in [1.807, 2.05) is 0 Å². The van der Waals surface area contributed by atoms with Crippen molar-refractivity contribution >= 4 is 12.2 Å². The zero-order valence-electron chi connectivity index (χ0n) is 11.8. The van der Waals surface area contributed by atoms with Gasteiger partial charge >= 0.3 is 11.8 Å². The van der Waals surface area contributed by atoms with E-state index in [1.165, 1.54) is 6.20 Å². The van der Waals surface area contributed by atoms with Gasteiger partial charge < -0.3 is 15.0 Å². The number of nitrogens with one attached hydrogen (secondary N) is 3. The summed E-state index contributed by atoms with van der Waals surface area (Å²) >= 11 is 0. The van der Waals surface area contributed by atoms with E-state index < -0.39 is 22.9 Å². The molecule has 1 rings (SSSR count). The summed E-state index contributed by atoms with van der Waals surface area (Å²) in [7, 11) is 0. The van der Waals surface area contributed by atoms with Crippen LogP contribution in [0.5, 0.6) is 0 Å². The lowest BCUT2D eigenvalue weighted by molar-refractivity contribution is 0.0529. The van der Waals surface area contributed by atoms with Crippen LogP contribution in [-0.4, -0.2) is 28.2 Å². The van der Waals surface area contributed by atoms with Crippen molar-refractivity contribution in [3.8, 4) is 0 Å². The highest BCUT2D eigenvalue weighted by Gasteiger charge is 2.15. The van der Waals surface area contributed by atoms with Gasteiger partial charge in [-0.15, -0.1) is 0 Å². The highest BCUT2D eigenvalue weighted by Crippen LogP contribution is 2.06. The molecule has 0 aromatic carbocycles. The molecule has 0 spiro atoms. The van der Waals surface area contributed by atoms with Crippen LogP contribution in [0, 0.1) is 0 Å². The van der Waals surface area contributed by atoms with Crippen LogP contribution < -0.4 is 16.6 Å². The minimum Gasteiger partial charge on any atom is -0.444 e. The molecule has 0 unspecified atom stereocenters. The van der Waals surface area contributed by atoms with Crippen molar-refractivity contribution in [2.45, 2.75) is 32.8 Å². The molecule has 0 saturated carbocycles. The Balaban J connectivity index is 2.38. The lowest BCUT2D eigenvalue weighted by Crippen LogP contribution is -2.32. The molecule has 3 N–H and O–H groups in total. The summed E-state index contributed by atoms with van der Waals surface area (Å²) in [5.74, 6) is 0. The molecule has 0 aliphatic rings. The van der Waals surface area contributed by atoms with Gasteiger partial charge in [-0.2, -0.15) is 0 Å². The van der Waals surface area contributed by atoms with Crippen molar-refractivity contribution in [1.82, 2.24) is 15.3 Å². The van der Waals surface area contributed by atoms with Crippen LogP contribution >= 0.6 is 0 Å². The fourth-order valence-electron chi connectivity index (χ4n) is 1.33. The van der Waals surface area contributed by atoms with Crippen molar-refractivity contribution in [3.63, 3.8) is 0 Å². The summed E-state index contributed by atoms with van der Waals surface area (Å²) < 4.78 is 5.07. The molecule has 1 aromatic heterocycles. The minimum atomic E-state index is -0.543. The molecule has 0 atom stereocenters. The van der Waals surface area contributed by atoms with E-state index in [0.29, 0.717) is 18.5 Å². The van der Waals surface area contributed by atoms with E-state index in [0.717, 1.165) is 0 Å². The van der Waals surface area contributed by atoms with Gasteiger partial charge in [-0.1, -0.05) is 12.2 Å². The van der Waals surface area contributed by atoms with Gasteiger partial charge in [0.25, 0.3) is 5.56 Å². The molecule has 0 aliphatic carbocycles. The smallest absolute Gasteiger partial charge is 0.407 e. The number of carbonyl (C=O) groups is 1. The number of rotatable bonds is 4. The maximum absolute atomic E-state index is 11.4. The van der Waals surface area contributed by atoms with Crippen LogP contribution in [-0.2, 0) is 4.74 Å². The van der Waals surface area contributed by atoms with Gasteiger partial charge in [-0.3, -0.25) is 9.78 Å². The molecule has 0 bridgehead atoms. The Labute approximate surface area is 116 Å². The first-order chi connectivity index (χ1) is 9.28. The molecule has 0 radical (unpaired) electrons. The first kappa shape index (κ1) is 15.7. The Morgan fingerprint density at radius 3 is 2.70 bits per heavy atom. The number of hydrogen-bond acceptors (Lipinski definition) is 4. The Kier molecular flexibility index (Phi) is 5.31. The first-order valence-corrected chi connectivity index (χ1v) is 6.23.